The number of hydrogen-bond donors (Lipinski definition) is 4. The van der Waals surface area contributed by atoms with Gasteiger partial charge in [0.2, 0.25) is 0 Å². The molecule has 0 amide bonds. The van der Waals surface area contributed by atoms with Crippen molar-refractivity contribution in [3.8, 4) is 5.75 Å². The SMILES string of the molecule is CC(CF)NC[C@H](O)COc1cccc2[nH]c(=O)[nH]c12. The molecular formula is C13H18FN3O3. The summed E-state index contributed by atoms with van der Waals surface area (Å²) in [4.78, 5) is 16.5. The quantitative estimate of drug-likeness (QED) is 0.597. The number of imidazole rings is 1. The van der Waals surface area contributed by atoms with Gasteiger partial charge in [-0.1, -0.05) is 6.07 Å². The summed E-state index contributed by atoms with van der Waals surface area (Å²) in [6.07, 6.45) is -0.759. The molecule has 1 unspecified atom stereocenters. The molecule has 0 saturated heterocycles. The summed E-state index contributed by atoms with van der Waals surface area (Å²) < 4.78 is 17.7. The van der Waals surface area contributed by atoms with Crippen LogP contribution in [0.3, 0.4) is 0 Å². The Morgan fingerprint density at radius 3 is 3.00 bits per heavy atom. The van der Waals surface area contributed by atoms with Crippen molar-refractivity contribution in [2.24, 2.45) is 0 Å². The van der Waals surface area contributed by atoms with E-state index in [0.717, 1.165) is 0 Å². The Labute approximate surface area is 115 Å². The summed E-state index contributed by atoms with van der Waals surface area (Å²) in [6.45, 7) is 1.50. The standard InChI is InChI=1S/C13H18FN3O3/c1-8(5-14)15-6-9(18)7-20-11-4-2-3-10-12(11)17-13(19)16-10/h2-4,8-9,15,18H,5-7H2,1H3,(H2,16,17,19)/t8?,9-/m0/s1. The van der Waals surface area contributed by atoms with E-state index in [1.54, 1.807) is 25.1 Å². The number of aliphatic hydroxyl groups excluding tert-OH is 1. The van der Waals surface area contributed by atoms with E-state index in [1.807, 2.05) is 0 Å². The van der Waals surface area contributed by atoms with Gasteiger partial charge in [0, 0.05) is 12.6 Å². The van der Waals surface area contributed by atoms with Crippen LogP contribution in [0.1, 0.15) is 6.92 Å². The van der Waals surface area contributed by atoms with Crippen molar-refractivity contribution in [2.45, 2.75) is 19.1 Å². The number of halogens is 1. The molecule has 0 radical (unpaired) electrons. The van der Waals surface area contributed by atoms with E-state index in [0.29, 0.717) is 16.8 Å². The molecule has 1 aromatic carbocycles. The number of rotatable bonds is 7. The fourth-order valence-corrected chi connectivity index (χ4v) is 1.79. The Morgan fingerprint density at radius 1 is 1.45 bits per heavy atom. The first-order valence-corrected chi connectivity index (χ1v) is 6.41. The second kappa shape index (κ2) is 6.53. The van der Waals surface area contributed by atoms with Crippen LogP contribution in [-0.4, -0.2) is 47.0 Å². The van der Waals surface area contributed by atoms with Crippen molar-refractivity contribution >= 4 is 11.0 Å². The van der Waals surface area contributed by atoms with Crippen molar-refractivity contribution in [3.63, 3.8) is 0 Å². The zero-order valence-corrected chi connectivity index (χ0v) is 11.1. The minimum Gasteiger partial charge on any atom is -0.489 e. The fourth-order valence-electron chi connectivity index (χ4n) is 1.79. The highest BCUT2D eigenvalue weighted by Gasteiger charge is 2.10. The molecule has 4 N–H and O–H groups in total. The highest BCUT2D eigenvalue weighted by Crippen LogP contribution is 2.20. The van der Waals surface area contributed by atoms with Gasteiger partial charge >= 0.3 is 5.69 Å². The number of H-pyrrole nitrogens is 2. The summed E-state index contributed by atoms with van der Waals surface area (Å²) in [7, 11) is 0. The summed E-state index contributed by atoms with van der Waals surface area (Å²) in [5, 5.41) is 12.6. The maximum atomic E-state index is 12.3. The van der Waals surface area contributed by atoms with Crippen LogP contribution >= 0.6 is 0 Å². The smallest absolute Gasteiger partial charge is 0.323 e. The number of hydrogen-bond acceptors (Lipinski definition) is 4. The van der Waals surface area contributed by atoms with Crippen LogP contribution < -0.4 is 15.7 Å². The molecule has 7 heteroatoms. The number of aromatic amines is 2. The molecule has 0 saturated carbocycles. The average Bonchev–Trinajstić information content (AvgIpc) is 2.83. The van der Waals surface area contributed by atoms with Crippen LogP contribution in [0.25, 0.3) is 11.0 Å². The van der Waals surface area contributed by atoms with Crippen LogP contribution in [0.2, 0.25) is 0 Å². The van der Waals surface area contributed by atoms with Gasteiger partial charge in [0.05, 0.1) is 5.52 Å². The molecule has 2 aromatic rings. The van der Waals surface area contributed by atoms with Crippen LogP contribution in [0.4, 0.5) is 4.39 Å². The van der Waals surface area contributed by atoms with Gasteiger partial charge in [0.1, 0.15) is 30.7 Å². The van der Waals surface area contributed by atoms with Gasteiger partial charge in [-0.15, -0.1) is 0 Å². The molecule has 0 fully saturated rings. The Morgan fingerprint density at radius 2 is 2.25 bits per heavy atom. The van der Waals surface area contributed by atoms with E-state index in [4.69, 9.17) is 4.74 Å². The van der Waals surface area contributed by atoms with Gasteiger partial charge in [-0.05, 0) is 19.1 Å². The second-order valence-electron chi connectivity index (χ2n) is 4.69. The predicted octanol–water partition coefficient (Wildman–Crippen LogP) is 0.544. The van der Waals surface area contributed by atoms with Crippen molar-refractivity contribution in [1.82, 2.24) is 15.3 Å². The van der Waals surface area contributed by atoms with E-state index >= 15 is 0 Å². The number of alkyl halides is 1. The van der Waals surface area contributed by atoms with Crippen molar-refractivity contribution in [3.05, 3.63) is 28.7 Å². The lowest BCUT2D eigenvalue weighted by molar-refractivity contribution is 0.104. The number of nitrogens with one attached hydrogen (secondary N) is 3. The van der Waals surface area contributed by atoms with E-state index in [9.17, 15) is 14.3 Å². The molecule has 20 heavy (non-hydrogen) atoms. The monoisotopic (exact) mass is 283 g/mol. The minimum absolute atomic E-state index is 0.0539. The van der Waals surface area contributed by atoms with Gasteiger partial charge in [-0.2, -0.15) is 0 Å². The van der Waals surface area contributed by atoms with Gasteiger partial charge in [-0.3, -0.25) is 0 Å². The van der Waals surface area contributed by atoms with Crippen LogP contribution in [0.15, 0.2) is 23.0 Å². The molecule has 1 heterocycles. The number of para-hydroxylation sites is 1. The second-order valence-corrected chi connectivity index (χ2v) is 4.69. The topological polar surface area (TPSA) is 90.1 Å². The van der Waals surface area contributed by atoms with Gasteiger partial charge < -0.3 is 25.1 Å². The molecule has 0 bridgehead atoms. The molecule has 6 nitrogen and oxygen atoms in total. The third-order valence-electron chi connectivity index (χ3n) is 2.88. The number of benzene rings is 1. The molecule has 1 aromatic heterocycles. The molecule has 2 atom stereocenters. The molecule has 0 aliphatic heterocycles. The zero-order valence-electron chi connectivity index (χ0n) is 11.1. The first kappa shape index (κ1) is 14.5. The van der Waals surface area contributed by atoms with E-state index in [1.165, 1.54) is 0 Å². The van der Waals surface area contributed by atoms with Crippen LogP contribution in [-0.2, 0) is 0 Å². The Kier molecular flexibility index (Phi) is 4.75. The predicted molar refractivity (Wildman–Crippen MR) is 73.9 cm³/mol. The lowest BCUT2D eigenvalue weighted by Crippen LogP contribution is -2.37. The van der Waals surface area contributed by atoms with Crippen LogP contribution in [0.5, 0.6) is 5.75 Å². The third-order valence-corrected chi connectivity index (χ3v) is 2.88. The highest BCUT2D eigenvalue weighted by atomic mass is 19.1. The van der Waals surface area contributed by atoms with Crippen molar-refractivity contribution < 1.29 is 14.2 Å². The number of aromatic nitrogens is 2. The first-order valence-electron chi connectivity index (χ1n) is 6.41. The lowest BCUT2D eigenvalue weighted by atomic mass is 10.3. The molecular weight excluding hydrogens is 265 g/mol. The zero-order chi connectivity index (χ0) is 14.5. The number of ether oxygens (including phenoxy) is 1. The highest BCUT2D eigenvalue weighted by molar-refractivity contribution is 5.80. The molecule has 2 rings (SSSR count). The van der Waals surface area contributed by atoms with Crippen molar-refractivity contribution in [1.29, 1.82) is 0 Å². The largest absolute Gasteiger partial charge is 0.489 e. The van der Waals surface area contributed by atoms with E-state index in [-0.39, 0.29) is 24.9 Å². The van der Waals surface area contributed by atoms with Gasteiger partial charge in [0.15, 0.2) is 0 Å². The molecule has 0 aliphatic carbocycles. The maximum absolute atomic E-state index is 12.3. The normalized spacial score (nSPS) is 14.3. The molecule has 0 spiro atoms. The Hall–Kier alpha value is -1.86. The van der Waals surface area contributed by atoms with Gasteiger partial charge in [-0.25, -0.2) is 9.18 Å². The minimum atomic E-state index is -0.759. The molecule has 0 aliphatic rings. The number of aliphatic hydroxyl groups is 1. The Bertz CT molecular complexity index is 610. The summed E-state index contributed by atoms with van der Waals surface area (Å²) in [5.41, 5.74) is 0.899. The lowest BCUT2D eigenvalue weighted by Gasteiger charge is -2.15. The maximum Gasteiger partial charge on any atom is 0.323 e. The summed E-state index contributed by atoms with van der Waals surface area (Å²) in [6, 6.07) is 4.91. The molecule has 110 valence electrons. The Balaban J connectivity index is 1.94. The van der Waals surface area contributed by atoms with E-state index < -0.39 is 12.8 Å². The van der Waals surface area contributed by atoms with E-state index in [2.05, 4.69) is 15.3 Å². The fraction of sp³-hybridized carbons (Fsp3) is 0.462. The number of fused-ring (bicyclic) bond motifs is 1. The first-order chi connectivity index (χ1) is 9.60. The third kappa shape index (κ3) is 3.58. The van der Waals surface area contributed by atoms with Gasteiger partial charge in [0.25, 0.3) is 0 Å². The van der Waals surface area contributed by atoms with Crippen LogP contribution in [0, 0.1) is 0 Å². The summed E-state index contributed by atoms with van der Waals surface area (Å²) in [5.74, 6) is 0.485. The van der Waals surface area contributed by atoms with Crippen molar-refractivity contribution in [2.75, 3.05) is 19.8 Å². The summed E-state index contributed by atoms with van der Waals surface area (Å²) >= 11 is 0. The average molecular weight is 283 g/mol.